The van der Waals surface area contributed by atoms with Crippen molar-refractivity contribution in [3.05, 3.63) is 35.2 Å². The Balaban J connectivity index is 2.17. The van der Waals surface area contributed by atoms with E-state index in [0.29, 0.717) is 6.54 Å². The topological polar surface area (TPSA) is 73.7 Å². The zero-order chi connectivity index (χ0) is 16.7. The minimum atomic E-state index is 0.0654. The third-order valence-electron chi connectivity index (χ3n) is 4.35. The van der Waals surface area contributed by atoms with E-state index in [1.54, 1.807) is 6.20 Å². The van der Waals surface area contributed by atoms with E-state index < -0.39 is 0 Å². The average Bonchev–Trinajstić information content (AvgIpc) is 3.15. The van der Waals surface area contributed by atoms with Gasteiger partial charge in [-0.2, -0.15) is 5.10 Å². The van der Waals surface area contributed by atoms with Crippen molar-refractivity contribution < 1.29 is 5.11 Å². The SMILES string of the molecule is Cc1nn(CCO)c(C)c1-n1ccnc1-c1nc(C)c(C)n1C. The van der Waals surface area contributed by atoms with Crippen molar-refractivity contribution in [2.75, 3.05) is 6.61 Å². The molecule has 3 rings (SSSR count). The van der Waals surface area contributed by atoms with Gasteiger partial charge in [-0.15, -0.1) is 0 Å². The van der Waals surface area contributed by atoms with Crippen LogP contribution in [0.3, 0.4) is 0 Å². The number of aromatic nitrogens is 6. The highest BCUT2D eigenvalue weighted by Gasteiger charge is 2.20. The second-order valence-electron chi connectivity index (χ2n) is 5.75. The maximum Gasteiger partial charge on any atom is 0.181 e. The van der Waals surface area contributed by atoms with Crippen LogP contribution >= 0.6 is 0 Å². The van der Waals surface area contributed by atoms with Crippen molar-refractivity contribution in [2.24, 2.45) is 7.05 Å². The number of aryl methyl sites for hydroxylation is 2. The van der Waals surface area contributed by atoms with Crippen LogP contribution < -0.4 is 0 Å². The van der Waals surface area contributed by atoms with Crippen LogP contribution in [-0.2, 0) is 13.6 Å². The molecule has 0 spiro atoms. The fraction of sp³-hybridized carbons (Fsp3) is 0.438. The van der Waals surface area contributed by atoms with Gasteiger partial charge in [0.1, 0.15) is 0 Å². The van der Waals surface area contributed by atoms with Gasteiger partial charge in [0.05, 0.1) is 35.9 Å². The number of hydrogen-bond donors (Lipinski definition) is 1. The number of rotatable bonds is 4. The molecule has 0 saturated carbocycles. The summed E-state index contributed by atoms with van der Waals surface area (Å²) in [5.74, 6) is 1.62. The molecule has 0 fully saturated rings. The Bertz CT molecular complexity index is 854. The standard InChI is InChI=1S/C16H22N6O/c1-10-12(3)20(5)16(18-10)15-17-6-7-21(15)14-11(2)19-22(8-9-23)13(14)4/h6-7,23H,8-9H2,1-5H3. The molecule has 7 nitrogen and oxygen atoms in total. The van der Waals surface area contributed by atoms with Gasteiger partial charge in [-0.3, -0.25) is 9.25 Å². The Kier molecular flexibility index (Phi) is 3.81. The Morgan fingerprint density at radius 1 is 1.04 bits per heavy atom. The van der Waals surface area contributed by atoms with Gasteiger partial charge in [0, 0.05) is 25.1 Å². The van der Waals surface area contributed by atoms with Gasteiger partial charge in [-0.1, -0.05) is 0 Å². The first-order valence-electron chi connectivity index (χ1n) is 7.64. The molecule has 0 saturated heterocycles. The monoisotopic (exact) mass is 314 g/mol. The molecule has 0 atom stereocenters. The zero-order valence-corrected chi connectivity index (χ0v) is 14.2. The molecule has 23 heavy (non-hydrogen) atoms. The van der Waals surface area contributed by atoms with Crippen molar-refractivity contribution in [3.8, 4) is 17.3 Å². The van der Waals surface area contributed by atoms with E-state index in [4.69, 9.17) is 0 Å². The average molecular weight is 314 g/mol. The smallest absolute Gasteiger partial charge is 0.181 e. The minimum Gasteiger partial charge on any atom is -0.394 e. The van der Waals surface area contributed by atoms with Crippen LogP contribution in [0.4, 0.5) is 0 Å². The normalized spacial score (nSPS) is 11.4. The highest BCUT2D eigenvalue weighted by atomic mass is 16.3. The van der Waals surface area contributed by atoms with Crippen LogP contribution in [0, 0.1) is 27.7 Å². The Labute approximate surface area is 135 Å². The molecular formula is C16H22N6O. The highest BCUT2D eigenvalue weighted by molar-refractivity contribution is 5.55. The van der Waals surface area contributed by atoms with E-state index in [1.165, 1.54) is 0 Å². The van der Waals surface area contributed by atoms with Gasteiger partial charge in [0.2, 0.25) is 0 Å². The zero-order valence-electron chi connectivity index (χ0n) is 14.2. The molecular weight excluding hydrogens is 292 g/mol. The first-order chi connectivity index (χ1) is 11.0. The summed E-state index contributed by atoms with van der Waals surface area (Å²) in [4.78, 5) is 9.16. The third kappa shape index (κ3) is 2.37. The third-order valence-corrected chi connectivity index (χ3v) is 4.35. The Morgan fingerprint density at radius 3 is 2.39 bits per heavy atom. The lowest BCUT2D eigenvalue weighted by atomic mass is 10.3. The molecule has 122 valence electrons. The second-order valence-corrected chi connectivity index (χ2v) is 5.75. The molecule has 0 bridgehead atoms. The quantitative estimate of drug-likeness (QED) is 0.795. The fourth-order valence-corrected chi connectivity index (χ4v) is 2.91. The summed E-state index contributed by atoms with van der Waals surface area (Å²) in [7, 11) is 2.00. The molecule has 3 aromatic rings. The van der Waals surface area contributed by atoms with E-state index >= 15 is 0 Å². The predicted octanol–water partition coefficient (Wildman–Crippen LogP) is 1.70. The van der Waals surface area contributed by atoms with Crippen LogP contribution in [0.25, 0.3) is 17.3 Å². The summed E-state index contributed by atoms with van der Waals surface area (Å²) >= 11 is 0. The van der Waals surface area contributed by atoms with Gasteiger partial charge in [0.15, 0.2) is 11.6 Å². The molecule has 1 N–H and O–H groups in total. The predicted molar refractivity (Wildman–Crippen MR) is 87.6 cm³/mol. The van der Waals surface area contributed by atoms with Gasteiger partial charge in [-0.25, -0.2) is 9.97 Å². The van der Waals surface area contributed by atoms with Crippen molar-refractivity contribution in [1.82, 2.24) is 28.9 Å². The largest absolute Gasteiger partial charge is 0.394 e. The van der Waals surface area contributed by atoms with Crippen molar-refractivity contribution >= 4 is 0 Å². The molecule has 0 radical (unpaired) electrons. The van der Waals surface area contributed by atoms with E-state index in [2.05, 4.69) is 26.6 Å². The summed E-state index contributed by atoms with van der Waals surface area (Å²) in [6, 6.07) is 0. The van der Waals surface area contributed by atoms with Crippen LogP contribution in [0.2, 0.25) is 0 Å². The molecule has 0 amide bonds. The van der Waals surface area contributed by atoms with Gasteiger partial charge < -0.3 is 9.67 Å². The summed E-state index contributed by atoms with van der Waals surface area (Å²) in [5.41, 5.74) is 5.01. The van der Waals surface area contributed by atoms with Crippen molar-refractivity contribution in [2.45, 2.75) is 34.2 Å². The molecule has 0 aromatic carbocycles. The highest BCUT2D eigenvalue weighted by Crippen LogP contribution is 2.26. The van der Waals surface area contributed by atoms with Crippen molar-refractivity contribution in [3.63, 3.8) is 0 Å². The summed E-state index contributed by atoms with van der Waals surface area (Å²) < 4.78 is 5.90. The summed E-state index contributed by atoms with van der Waals surface area (Å²) in [5, 5.41) is 13.7. The van der Waals surface area contributed by atoms with E-state index in [1.807, 2.05) is 43.3 Å². The number of aliphatic hydroxyl groups excluding tert-OH is 1. The second kappa shape index (κ2) is 5.66. The van der Waals surface area contributed by atoms with Crippen LogP contribution in [0.1, 0.15) is 22.8 Å². The lowest BCUT2D eigenvalue weighted by Crippen LogP contribution is -2.07. The van der Waals surface area contributed by atoms with Crippen molar-refractivity contribution in [1.29, 1.82) is 0 Å². The summed E-state index contributed by atoms with van der Waals surface area (Å²) in [6.07, 6.45) is 3.70. The Morgan fingerprint density at radius 2 is 1.78 bits per heavy atom. The number of imidazole rings is 2. The van der Waals surface area contributed by atoms with E-state index in [0.717, 1.165) is 40.1 Å². The maximum atomic E-state index is 9.18. The van der Waals surface area contributed by atoms with Gasteiger partial charge in [0.25, 0.3) is 0 Å². The lowest BCUT2D eigenvalue weighted by molar-refractivity contribution is 0.268. The molecule has 7 heteroatoms. The van der Waals surface area contributed by atoms with Gasteiger partial charge >= 0.3 is 0 Å². The van der Waals surface area contributed by atoms with E-state index in [9.17, 15) is 5.11 Å². The first-order valence-corrected chi connectivity index (χ1v) is 7.64. The Hall–Kier alpha value is -2.41. The molecule has 0 aliphatic carbocycles. The minimum absolute atomic E-state index is 0.0654. The van der Waals surface area contributed by atoms with Crippen LogP contribution in [-0.4, -0.2) is 40.6 Å². The first kappa shape index (κ1) is 15.5. The van der Waals surface area contributed by atoms with E-state index in [-0.39, 0.29) is 6.61 Å². The van der Waals surface area contributed by atoms with Crippen LogP contribution in [0.5, 0.6) is 0 Å². The number of nitrogens with zero attached hydrogens (tertiary/aromatic N) is 6. The molecule has 3 heterocycles. The number of hydrogen-bond acceptors (Lipinski definition) is 4. The molecule has 3 aromatic heterocycles. The number of aliphatic hydroxyl groups is 1. The van der Waals surface area contributed by atoms with Gasteiger partial charge in [-0.05, 0) is 27.7 Å². The molecule has 0 unspecified atom stereocenters. The molecule has 0 aliphatic heterocycles. The van der Waals surface area contributed by atoms with Crippen LogP contribution in [0.15, 0.2) is 12.4 Å². The fourth-order valence-electron chi connectivity index (χ4n) is 2.91. The lowest BCUT2D eigenvalue weighted by Gasteiger charge is -2.09. The maximum absolute atomic E-state index is 9.18. The molecule has 0 aliphatic rings. The summed E-state index contributed by atoms with van der Waals surface area (Å²) in [6.45, 7) is 8.57.